The van der Waals surface area contributed by atoms with Crippen molar-refractivity contribution < 1.29 is 4.79 Å². The van der Waals surface area contributed by atoms with Crippen LogP contribution in [0.1, 0.15) is 44.1 Å². The highest BCUT2D eigenvalue weighted by Crippen LogP contribution is 2.44. The SMILES string of the molecule is O=C(N1CC[C@@H]2CNC[C@@H]2CC1)C1(c2cccc(Br)c2)CCCC1. The lowest BCUT2D eigenvalue weighted by Crippen LogP contribution is -2.46. The monoisotopic (exact) mass is 390 g/mol. The summed E-state index contributed by atoms with van der Waals surface area (Å²) in [6.07, 6.45) is 6.68. The molecule has 1 aromatic rings. The summed E-state index contributed by atoms with van der Waals surface area (Å²) in [5.41, 5.74) is 0.937. The van der Waals surface area contributed by atoms with E-state index < -0.39 is 0 Å². The maximum atomic E-state index is 13.6. The Kier molecular flexibility index (Phi) is 4.70. The predicted octanol–water partition coefficient (Wildman–Crippen LogP) is 3.72. The summed E-state index contributed by atoms with van der Waals surface area (Å²) < 4.78 is 1.08. The number of rotatable bonds is 2. The lowest BCUT2D eigenvalue weighted by atomic mass is 9.77. The lowest BCUT2D eigenvalue weighted by Gasteiger charge is -2.34. The highest BCUT2D eigenvalue weighted by atomic mass is 79.9. The van der Waals surface area contributed by atoms with Gasteiger partial charge in [-0.15, -0.1) is 0 Å². The van der Waals surface area contributed by atoms with Gasteiger partial charge in [0, 0.05) is 17.6 Å². The Morgan fingerprint density at radius 1 is 1.12 bits per heavy atom. The normalized spacial score (nSPS) is 29.3. The molecule has 130 valence electrons. The number of nitrogens with zero attached hydrogens (tertiary/aromatic N) is 1. The molecule has 2 atom stereocenters. The van der Waals surface area contributed by atoms with Gasteiger partial charge in [-0.3, -0.25) is 4.79 Å². The number of halogens is 1. The van der Waals surface area contributed by atoms with Crippen molar-refractivity contribution >= 4 is 21.8 Å². The number of hydrogen-bond donors (Lipinski definition) is 1. The lowest BCUT2D eigenvalue weighted by molar-refractivity contribution is -0.137. The molecule has 3 nitrogen and oxygen atoms in total. The van der Waals surface area contributed by atoms with Crippen LogP contribution in [0.15, 0.2) is 28.7 Å². The van der Waals surface area contributed by atoms with Crippen LogP contribution in [-0.4, -0.2) is 37.0 Å². The molecule has 4 rings (SSSR count). The van der Waals surface area contributed by atoms with Crippen LogP contribution in [0, 0.1) is 11.8 Å². The second-order valence-corrected chi connectivity index (χ2v) is 8.76. The highest BCUT2D eigenvalue weighted by molar-refractivity contribution is 9.10. The van der Waals surface area contributed by atoms with Gasteiger partial charge in [0.25, 0.3) is 0 Å². The third kappa shape index (κ3) is 2.92. The predicted molar refractivity (Wildman–Crippen MR) is 100.0 cm³/mol. The van der Waals surface area contributed by atoms with E-state index in [1.807, 2.05) is 0 Å². The summed E-state index contributed by atoms with van der Waals surface area (Å²) in [5, 5.41) is 3.52. The second kappa shape index (κ2) is 6.80. The molecule has 4 heteroatoms. The van der Waals surface area contributed by atoms with Gasteiger partial charge in [0.05, 0.1) is 5.41 Å². The largest absolute Gasteiger partial charge is 0.342 e. The first-order valence-electron chi connectivity index (χ1n) is 9.45. The summed E-state index contributed by atoms with van der Waals surface area (Å²) in [5.74, 6) is 1.94. The summed E-state index contributed by atoms with van der Waals surface area (Å²) in [6, 6.07) is 8.45. The third-order valence-electron chi connectivity index (χ3n) is 6.55. The van der Waals surface area contributed by atoms with Crippen molar-refractivity contribution in [1.82, 2.24) is 10.2 Å². The molecule has 1 aliphatic carbocycles. The number of likely N-dealkylation sites (tertiary alicyclic amines) is 1. The van der Waals surface area contributed by atoms with Crippen molar-refractivity contribution in [3.63, 3.8) is 0 Å². The molecular formula is C20H27BrN2O. The number of amides is 1. The zero-order valence-electron chi connectivity index (χ0n) is 14.3. The van der Waals surface area contributed by atoms with Crippen molar-refractivity contribution in [1.29, 1.82) is 0 Å². The van der Waals surface area contributed by atoms with Crippen LogP contribution in [0.4, 0.5) is 0 Å². The molecule has 1 saturated carbocycles. The number of carbonyl (C=O) groups excluding carboxylic acids is 1. The Hall–Kier alpha value is -0.870. The van der Waals surface area contributed by atoms with Crippen molar-refractivity contribution in [2.45, 2.75) is 43.9 Å². The maximum absolute atomic E-state index is 13.6. The topological polar surface area (TPSA) is 32.3 Å². The Balaban J connectivity index is 1.58. The van der Waals surface area contributed by atoms with E-state index in [1.54, 1.807) is 0 Å². The fraction of sp³-hybridized carbons (Fsp3) is 0.650. The number of carbonyl (C=O) groups is 1. The number of nitrogens with one attached hydrogen (secondary N) is 1. The summed E-state index contributed by atoms with van der Waals surface area (Å²) >= 11 is 3.59. The van der Waals surface area contributed by atoms with E-state index in [-0.39, 0.29) is 5.41 Å². The van der Waals surface area contributed by atoms with E-state index in [9.17, 15) is 4.79 Å². The van der Waals surface area contributed by atoms with E-state index in [0.717, 1.165) is 68.2 Å². The van der Waals surface area contributed by atoms with Gasteiger partial charge in [0.2, 0.25) is 5.91 Å². The van der Waals surface area contributed by atoms with Crippen LogP contribution >= 0.6 is 15.9 Å². The number of fused-ring (bicyclic) bond motifs is 1. The molecule has 2 aliphatic heterocycles. The second-order valence-electron chi connectivity index (χ2n) is 7.85. The Morgan fingerprint density at radius 2 is 1.79 bits per heavy atom. The van der Waals surface area contributed by atoms with Gasteiger partial charge in [-0.05, 0) is 68.3 Å². The zero-order valence-corrected chi connectivity index (χ0v) is 15.9. The molecule has 0 radical (unpaired) electrons. The molecular weight excluding hydrogens is 364 g/mol. The quantitative estimate of drug-likeness (QED) is 0.834. The van der Waals surface area contributed by atoms with Gasteiger partial charge >= 0.3 is 0 Å². The van der Waals surface area contributed by atoms with Crippen molar-refractivity contribution in [2.24, 2.45) is 11.8 Å². The summed E-state index contributed by atoms with van der Waals surface area (Å²) in [7, 11) is 0. The molecule has 1 N–H and O–H groups in total. The maximum Gasteiger partial charge on any atom is 0.233 e. The van der Waals surface area contributed by atoms with Crippen LogP contribution < -0.4 is 5.32 Å². The standard InChI is InChI=1S/C20H27BrN2O/c21-18-5-3-4-17(12-18)20(8-1-2-9-20)19(24)23-10-6-15-13-22-14-16(15)7-11-23/h3-5,12,15-16,22H,1-2,6-11,13-14H2/t15-,16+. The first kappa shape index (κ1) is 16.6. The molecule has 24 heavy (non-hydrogen) atoms. The minimum Gasteiger partial charge on any atom is -0.342 e. The number of benzene rings is 1. The van der Waals surface area contributed by atoms with E-state index in [4.69, 9.17) is 0 Å². The number of hydrogen-bond acceptors (Lipinski definition) is 2. The van der Waals surface area contributed by atoms with E-state index in [0.29, 0.717) is 5.91 Å². The van der Waals surface area contributed by atoms with Crippen molar-refractivity contribution in [2.75, 3.05) is 26.2 Å². The van der Waals surface area contributed by atoms with Gasteiger partial charge in [-0.2, -0.15) is 0 Å². The molecule has 0 spiro atoms. The van der Waals surface area contributed by atoms with Crippen molar-refractivity contribution in [3.8, 4) is 0 Å². The van der Waals surface area contributed by atoms with Crippen LogP contribution in [0.5, 0.6) is 0 Å². The summed E-state index contributed by atoms with van der Waals surface area (Å²) in [4.78, 5) is 15.8. The minimum absolute atomic E-state index is 0.276. The fourth-order valence-electron chi connectivity index (χ4n) is 5.11. The smallest absolute Gasteiger partial charge is 0.233 e. The van der Waals surface area contributed by atoms with Crippen LogP contribution in [-0.2, 0) is 10.2 Å². The highest BCUT2D eigenvalue weighted by Gasteiger charge is 2.45. The van der Waals surface area contributed by atoms with Crippen molar-refractivity contribution in [3.05, 3.63) is 34.3 Å². The van der Waals surface area contributed by atoms with Gasteiger partial charge in [0.15, 0.2) is 0 Å². The molecule has 0 unspecified atom stereocenters. The average molecular weight is 391 g/mol. The summed E-state index contributed by atoms with van der Waals surface area (Å²) in [6.45, 7) is 4.17. The van der Waals surface area contributed by atoms with Gasteiger partial charge in [-0.1, -0.05) is 40.9 Å². The fourth-order valence-corrected chi connectivity index (χ4v) is 5.51. The van der Waals surface area contributed by atoms with Gasteiger partial charge in [-0.25, -0.2) is 0 Å². The molecule has 0 aromatic heterocycles. The van der Waals surface area contributed by atoms with Gasteiger partial charge < -0.3 is 10.2 Å². The van der Waals surface area contributed by atoms with Crippen LogP contribution in [0.25, 0.3) is 0 Å². The molecule has 1 amide bonds. The Morgan fingerprint density at radius 3 is 2.42 bits per heavy atom. The Labute approximate surface area is 153 Å². The van der Waals surface area contributed by atoms with E-state index in [1.165, 1.54) is 18.4 Å². The van der Waals surface area contributed by atoms with E-state index in [2.05, 4.69) is 50.4 Å². The molecule has 1 aromatic carbocycles. The average Bonchev–Trinajstić information content (AvgIpc) is 3.21. The molecule has 2 heterocycles. The first-order valence-corrected chi connectivity index (χ1v) is 10.2. The Bertz CT molecular complexity index is 597. The minimum atomic E-state index is -0.276. The van der Waals surface area contributed by atoms with Gasteiger partial charge in [0.1, 0.15) is 0 Å². The van der Waals surface area contributed by atoms with E-state index >= 15 is 0 Å². The first-order chi connectivity index (χ1) is 11.7. The molecule has 3 aliphatic rings. The molecule has 3 fully saturated rings. The van der Waals surface area contributed by atoms with Crippen LogP contribution in [0.3, 0.4) is 0 Å². The van der Waals surface area contributed by atoms with Crippen LogP contribution in [0.2, 0.25) is 0 Å². The zero-order chi connectivity index (χ0) is 16.6. The molecule has 0 bridgehead atoms. The third-order valence-corrected chi connectivity index (χ3v) is 7.04. The molecule has 2 saturated heterocycles.